The predicted octanol–water partition coefficient (Wildman–Crippen LogP) is 4.56. The molecule has 0 unspecified atom stereocenters. The average Bonchev–Trinajstić information content (AvgIpc) is 3.41. The number of esters is 1. The van der Waals surface area contributed by atoms with Crippen LogP contribution in [0.15, 0.2) is 72.8 Å². The maximum atomic E-state index is 13.0. The third-order valence-corrected chi connectivity index (χ3v) is 7.65. The molecule has 37 heavy (non-hydrogen) atoms. The number of allylic oxidation sites excluding steroid dienone is 2. The number of rotatable bonds is 4. The zero-order chi connectivity index (χ0) is 25.7. The summed E-state index contributed by atoms with van der Waals surface area (Å²) in [5.74, 6) is -1.84. The molecule has 2 heterocycles. The highest BCUT2D eigenvalue weighted by molar-refractivity contribution is 6.22. The van der Waals surface area contributed by atoms with E-state index in [1.54, 1.807) is 30.0 Å². The molecule has 186 valence electrons. The number of hydrogen-bond acceptors (Lipinski definition) is 5. The minimum Gasteiger partial charge on any atom is -0.426 e. The Bertz CT molecular complexity index is 1460. The molecule has 7 nitrogen and oxygen atoms in total. The molecule has 0 radical (unpaired) electrons. The third-order valence-electron chi connectivity index (χ3n) is 7.65. The summed E-state index contributed by atoms with van der Waals surface area (Å²) < 4.78 is 5.65. The third kappa shape index (κ3) is 3.91. The number of aryl methyl sites for hydroxylation is 1. The molecule has 7 heteroatoms. The van der Waals surface area contributed by atoms with E-state index >= 15 is 0 Å². The molecule has 3 aromatic carbocycles. The molecular weight excluding hydrogens is 468 g/mol. The lowest BCUT2D eigenvalue weighted by atomic mass is 9.85. The summed E-state index contributed by atoms with van der Waals surface area (Å²) in [6.45, 7) is 2.03. The van der Waals surface area contributed by atoms with Crippen LogP contribution in [0.4, 0.5) is 11.4 Å². The molecular formula is C30H26N2O5. The van der Waals surface area contributed by atoms with Crippen LogP contribution in [0.3, 0.4) is 0 Å². The van der Waals surface area contributed by atoms with E-state index in [1.165, 1.54) is 4.90 Å². The number of anilines is 2. The van der Waals surface area contributed by atoms with E-state index < -0.39 is 11.9 Å². The monoisotopic (exact) mass is 494 g/mol. The first-order chi connectivity index (χ1) is 17.9. The van der Waals surface area contributed by atoms with Gasteiger partial charge in [-0.25, -0.2) is 4.90 Å². The van der Waals surface area contributed by atoms with Gasteiger partial charge >= 0.3 is 5.97 Å². The smallest absolute Gasteiger partial charge is 0.316 e. The Hall–Kier alpha value is -4.26. The predicted molar refractivity (Wildman–Crippen MR) is 139 cm³/mol. The summed E-state index contributed by atoms with van der Waals surface area (Å²) in [4.78, 5) is 54.7. The van der Waals surface area contributed by atoms with Gasteiger partial charge in [-0.15, -0.1) is 0 Å². The van der Waals surface area contributed by atoms with Crippen molar-refractivity contribution < 1.29 is 23.9 Å². The Kier molecular flexibility index (Phi) is 5.63. The highest BCUT2D eigenvalue weighted by Gasteiger charge is 2.48. The molecule has 0 bridgehead atoms. The molecule has 2 aliphatic heterocycles. The first-order valence-corrected chi connectivity index (χ1v) is 12.6. The first-order valence-electron chi connectivity index (χ1n) is 12.6. The highest BCUT2D eigenvalue weighted by atomic mass is 16.5. The highest BCUT2D eigenvalue weighted by Crippen LogP contribution is 2.39. The van der Waals surface area contributed by atoms with Gasteiger partial charge in [0.15, 0.2) is 0 Å². The fourth-order valence-corrected chi connectivity index (χ4v) is 5.72. The largest absolute Gasteiger partial charge is 0.426 e. The van der Waals surface area contributed by atoms with Crippen LogP contribution in [-0.2, 0) is 19.2 Å². The molecule has 2 saturated heterocycles. The Morgan fingerprint density at radius 1 is 0.865 bits per heavy atom. The number of ether oxygens (including phenoxy) is 1. The number of hydrogen-bond donors (Lipinski definition) is 0. The van der Waals surface area contributed by atoms with Gasteiger partial charge in [0.25, 0.3) is 0 Å². The van der Waals surface area contributed by atoms with Gasteiger partial charge in [-0.05, 0) is 55.0 Å². The molecule has 6 rings (SSSR count). The van der Waals surface area contributed by atoms with Crippen LogP contribution in [0.5, 0.6) is 5.75 Å². The van der Waals surface area contributed by atoms with Crippen molar-refractivity contribution >= 4 is 45.8 Å². The van der Waals surface area contributed by atoms with E-state index in [0.29, 0.717) is 29.8 Å². The number of imide groups is 1. The molecule has 2 fully saturated rings. The fourth-order valence-electron chi connectivity index (χ4n) is 5.72. The van der Waals surface area contributed by atoms with Gasteiger partial charge in [0.2, 0.25) is 17.7 Å². The summed E-state index contributed by atoms with van der Waals surface area (Å²) in [5, 5.41) is 1.99. The van der Waals surface area contributed by atoms with Crippen molar-refractivity contribution in [2.24, 2.45) is 17.8 Å². The summed E-state index contributed by atoms with van der Waals surface area (Å²) in [6, 6.07) is 18.5. The minimum absolute atomic E-state index is 0.0761. The SMILES string of the molecule is Cc1cc(OC(=O)[C@H]2CC(=O)N(c3cccc4ccccc34)C2)ccc1N1C(=O)[C@H]2CC=CC[C@H]2C1=O. The van der Waals surface area contributed by atoms with Gasteiger partial charge in [-0.1, -0.05) is 48.6 Å². The van der Waals surface area contributed by atoms with Crippen LogP contribution in [0.25, 0.3) is 10.8 Å². The van der Waals surface area contributed by atoms with Crippen LogP contribution in [0.2, 0.25) is 0 Å². The quantitative estimate of drug-likeness (QED) is 0.230. The van der Waals surface area contributed by atoms with Gasteiger partial charge in [0.1, 0.15) is 5.75 Å². The lowest BCUT2D eigenvalue weighted by Gasteiger charge is -2.19. The van der Waals surface area contributed by atoms with E-state index in [9.17, 15) is 19.2 Å². The summed E-state index contributed by atoms with van der Waals surface area (Å²) in [6.07, 6.45) is 5.15. The van der Waals surface area contributed by atoms with Crippen molar-refractivity contribution in [3.63, 3.8) is 0 Å². The normalized spacial score (nSPS) is 23.2. The van der Waals surface area contributed by atoms with Crippen molar-refractivity contribution in [3.05, 3.63) is 78.4 Å². The first kappa shape index (κ1) is 23.2. The molecule has 3 aliphatic rings. The zero-order valence-electron chi connectivity index (χ0n) is 20.4. The Morgan fingerprint density at radius 2 is 1.57 bits per heavy atom. The molecule has 0 aromatic heterocycles. The van der Waals surface area contributed by atoms with E-state index in [-0.39, 0.29) is 42.5 Å². The van der Waals surface area contributed by atoms with E-state index in [2.05, 4.69) is 0 Å². The number of amides is 3. The van der Waals surface area contributed by atoms with E-state index in [1.807, 2.05) is 54.6 Å². The van der Waals surface area contributed by atoms with E-state index in [0.717, 1.165) is 16.5 Å². The molecule has 3 atom stereocenters. The van der Waals surface area contributed by atoms with E-state index in [4.69, 9.17) is 4.74 Å². The van der Waals surface area contributed by atoms with Crippen LogP contribution in [0, 0.1) is 24.7 Å². The van der Waals surface area contributed by atoms with Gasteiger partial charge < -0.3 is 9.64 Å². The van der Waals surface area contributed by atoms with Gasteiger partial charge in [-0.2, -0.15) is 0 Å². The number of fused-ring (bicyclic) bond motifs is 2. The number of carbonyl (C=O) groups excluding carboxylic acids is 4. The van der Waals surface area contributed by atoms with Crippen molar-refractivity contribution in [2.45, 2.75) is 26.2 Å². The Morgan fingerprint density at radius 3 is 2.30 bits per heavy atom. The molecule has 0 N–H and O–H groups in total. The topological polar surface area (TPSA) is 84.0 Å². The van der Waals surface area contributed by atoms with Crippen LogP contribution in [0.1, 0.15) is 24.8 Å². The van der Waals surface area contributed by atoms with Crippen LogP contribution >= 0.6 is 0 Å². The molecule has 0 spiro atoms. The lowest BCUT2D eigenvalue weighted by Crippen LogP contribution is -2.31. The lowest BCUT2D eigenvalue weighted by molar-refractivity contribution is -0.139. The van der Waals surface area contributed by atoms with Crippen LogP contribution < -0.4 is 14.5 Å². The summed E-state index contributed by atoms with van der Waals surface area (Å²) in [7, 11) is 0. The summed E-state index contributed by atoms with van der Waals surface area (Å²) >= 11 is 0. The van der Waals surface area contributed by atoms with Crippen LogP contribution in [-0.4, -0.2) is 30.2 Å². The molecule has 1 aliphatic carbocycles. The van der Waals surface area contributed by atoms with Crippen molar-refractivity contribution in [1.82, 2.24) is 0 Å². The fraction of sp³-hybridized carbons (Fsp3) is 0.267. The minimum atomic E-state index is -0.594. The second-order valence-electron chi connectivity index (χ2n) is 9.94. The Labute approximate surface area is 214 Å². The number of carbonyl (C=O) groups is 4. The number of benzene rings is 3. The second-order valence-corrected chi connectivity index (χ2v) is 9.94. The maximum Gasteiger partial charge on any atom is 0.316 e. The van der Waals surface area contributed by atoms with Gasteiger partial charge in [0, 0.05) is 18.4 Å². The van der Waals surface area contributed by atoms with Gasteiger partial charge in [0.05, 0.1) is 29.1 Å². The van der Waals surface area contributed by atoms with Gasteiger partial charge in [-0.3, -0.25) is 19.2 Å². The van der Waals surface area contributed by atoms with Crippen molar-refractivity contribution in [1.29, 1.82) is 0 Å². The second kappa shape index (κ2) is 9.00. The summed E-state index contributed by atoms with van der Waals surface area (Å²) in [5.41, 5.74) is 1.97. The molecule has 0 saturated carbocycles. The zero-order valence-corrected chi connectivity index (χ0v) is 20.4. The molecule has 3 aromatic rings. The average molecular weight is 495 g/mol. The maximum absolute atomic E-state index is 13.0. The standard InChI is InChI=1S/C30H26N2O5/c1-18-15-21(13-14-25(18)32-28(34)23-10-4-5-11-24(23)29(32)35)37-30(36)20-16-27(33)31(17-20)26-12-6-8-19-7-2-3-9-22(19)26/h2-9,12-15,20,23-24H,10-11,16-17H2,1H3/t20-,23-,24+/m0/s1. The Balaban J connectivity index is 1.17. The number of nitrogens with zero attached hydrogens (tertiary/aromatic N) is 2. The van der Waals surface area contributed by atoms with Crippen molar-refractivity contribution in [2.75, 3.05) is 16.3 Å². The molecule has 3 amide bonds. The van der Waals surface area contributed by atoms with Crippen molar-refractivity contribution in [3.8, 4) is 5.75 Å².